The average molecular weight is 234 g/mol. The van der Waals surface area contributed by atoms with E-state index in [0.717, 1.165) is 24.7 Å². The molecule has 1 unspecified atom stereocenters. The van der Waals surface area contributed by atoms with Crippen molar-refractivity contribution in [3.05, 3.63) is 35.4 Å². The maximum absolute atomic E-state index is 13.3. The van der Waals surface area contributed by atoms with Gasteiger partial charge >= 0.3 is 0 Å². The van der Waals surface area contributed by atoms with Gasteiger partial charge in [-0.25, -0.2) is 0 Å². The van der Waals surface area contributed by atoms with E-state index in [2.05, 4.69) is 0 Å². The molecule has 1 fully saturated rings. The summed E-state index contributed by atoms with van der Waals surface area (Å²) < 4.78 is 13.3. The lowest BCUT2D eigenvalue weighted by atomic mass is 9.77. The van der Waals surface area contributed by atoms with Crippen LogP contribution in [0.15, 0.2) is 24.3 Å². The molecule has 0 spiro atoms. The van der Waals surface area contributed by atoms with Gasteiger partial charge in [0, 0.05) is 11.5 Å². The Morgan fingerprint density at radius 2 is 2.06 bits per heavy atom. The molecule has 0 radical (unpaired) electrons. The quantitative estimate of drug-likeness (QED) is 0.716. The summed E-state index contributed by atoms with van der Waals surface area (Å²) in [6, 6.07) is 7.41. The zero-order chi connectivity index (χ0) is 12.1. The van der Waals surface area contributed by atoms with Gasteiger partial charge in [0.15, 0.2) is 0 Å². The third-order valence-electron chi connectivity index (χ3n) is 3.86. The number of carbonyl (C=O) groups excluding carboxylic acids is 1. The van der Waals surface area contributed by atoms with Crippen LogP contribution >= 0.6 is 0 Å². The van der Waals surface area contributed by atoms with Gasteiger partial charge in [0.05, 0.1) is 6.67 Å². The Bertz CT molecular complexity index is 369. The number of hydrogen-bond donors (Lipinski definition) is 0. The SMILES string of the molecule is O=Cc1cccc(C(CF)C2CCCCC2)c1. The molecule has 92 valence electrons. The van der Waals surface area contributed by atoms with E-state index < -0.39 is 0 Å². The van der Waals surface area contributed by atoms with Gasteiger partial charge in [-0.3, -0.25) is 9.18 Å². The minimum atomic E-state index is -0.313. The molecule has 0 bridgehead atoms. The molecule has 2 rings (SSSR count). The molecule has 1 saturated carbocycles. The topological polar surface area (TPSA) is 17.1 Å². The molecule has 1 aliphatic rings. The number of hydrogen-bond acceptors (Lipinski definition) is 1. The van der Waals surface area contributed by atoms with Crippen molar-refractivity contribution in [2.45, 2.75) is 38.0 Å². The van der Waals surface area contributed by atoms with Crippen LogP contribution in [0, 0.1) is 5.92 Å². The van der Waals surface area contributed by atoms with Crippen LogP contribution < -0.4 is 0 Å². The summed E-state index contributed by atoms with van der Waals surface area (Å²) in [5.41, 5.74) is 1.64. The lowest BCUT2D eigenvalue weighted by Crippen LogP contribution is -2.18. The molecule has 0 N–H and O–H groups in total. The van der Waals surface area contributed by atoms with Crippen LogP contribution in [-0.2, 0) is 0 Å². The minimum absolute atomic E-state index is 0.0183. The molecule has 17 heavy (non-hydrogen) atoms. The van der Waals surface area contributed by atoms with E-state index in [4.69, 9.17) is 0 Å². The molecule has 2 heteroatoms. The summed E-state index contributed by atoms with van der Waals surface area (Å²) >= 11 is 0. The van der Waals surface area contributed by atoms with E-state index in [0.29, 0.717) is 11.5 Å². The second-order valence-electron chi connectivity index (χ2n) is 4.95. The highest BCUT2D eigenvalue weighted by Crippen LogP contribution is 2.36. The molecule has 1 aliphatic carbocycles. The first-order valence-electron chi connectivity index (χ1n) is 6.46. The van der Waals surface area contributed by atoms with Crippen LogP contribution in [0.25, 0.3) is 0 Å². The number of carbonyl (C=O) groups is 1. The third-order valence-corrected chi connectivity index (χ3v) is 3.86. The Morgan fingerprint density at radius 1 is 1.29 bits per heavy atom. The van der Waals surface area contributed by atoms with Crippen molar-refractivity contribution in [3.63, 3.8) is 0 Å². The van der Waals surface area contributed by atoms with Gasteiger partial charge < -0.3 is 0 Å². The molecule has 1 aromatic carbocycles. The monoisotopic (exact) mass is 234 g/mol. The number of alkyl halides is 1. The average Bonchev–Trinajstić information content (AvgIpc) is 2.41. The molecular formula is C15H19FO. The Kier molecular flexibility index (Phi) is 4.29. The van der Waals surface area contributed by atoms with E-state index in [1.165, 1.54) is 19.3 Å². The highest BCUT2D eigenvalue weighted by Gasteiger charge is 2.25. The van der Waals surface area contributed by atoms with E-state index in [1.54, 1.807) is 6.07 Å². The molecular weight excluding hydrogens is 215 g/mol. The van der Waals surface area contributed by atoms with Gasteiger partial charge in [-0.05, 0) is 30.4 Å². The summed E-state index contributed by atoms with van der Waals surface area (Å²) in [7, 11) is 0. The second kappa shape index (κ2) is 5.95. The molecule has 0 saturated heterocycles. The highest BCUT2D eigenvalue weighted by molar-refractivity contribution is 5.75. The number of benzene rings is 1. The zero-order valence-electron chi connectivity index (χ0n) is 10.1. The third kappa shape index (κ3) is 2.93. The highest BCUT2D eigenvalue weighted by atomic mass is 19.1. The van der Waals surface area contributed by atoms with Gasteiger partial charge in [0.25, 0.3) is 0 Å². The molecule has 1 aromatic rings. The predicted octanol–water partition coefficient (Wildman–Crippen LogP) is 4.13. The first-order valence-corrected chi connectivity index (χ1v) is 6.46. The first kappa shape index (κ1) is 12.3. The molecule has 0 aliphatic heterocycles. The molecule has 1 atom stereocenters. The number of halogens is 1. The van der Waals surface area contributed by atoms with Crippen LogP contribution in [0.1, 0.15) is 53.9 Å². The summed E-state index contributed by atoms with van der Waals surface area (Å²) in [4.78, 5) is 10.8. The van der Waals surface area contributed by atoms with Crippen molar-refractivity contribution in [1.82, 2.24) is 0 Å². The molecule has 0 heterocycles. The van der Waals surface area contributed by atoms with Crippen molar-refractivity contribution >= 4 is 6.29 Å². The van der Waals surface area contributed by atoms with Crippen molar-refractivity contribution in [2.75, 3.05) is 6.67 Å². The lowest BCUT2D eigenvalue weighted by molar-refractivity contribution is 0.112. The number of aldehydes is 1. The van der Waals surface area contributed by atoms with E-state index in [-0.39, 0.29) is 12.6 Å². The van der Waals surface area contributed by atoms with E-state index >= 15 is 0 Å². The summed E-state index contributed by atoms with van der Waals surface area (Å²) in [5.74, 6) is 0.436. The Morgan fingerprint density at radius 3 is 2.71 bits per heavy atom. The van der Waals surface area contributed by atoms with Gasteiger partial charge in [0.2, 0.25) is 0 Å². The maximum Gasteiger partial charge on any atom is 0.150 e. The van der Waals surface area contributed by atoms with Gasteiger partial charge in [-0.2, -0.15) is 0 Å². The van der Waals surface area contributed by atoms with Crippen molar-refractivity contribution in [2.24, 2.45) is 5.92 Å². The molecule has 1 nitrogen and oxygen atoms in total. The fraction of sp³-hybridized carbons (Fsp3) is 0.533. The maximum atomic E-state index is 13.3. The number of rotatable bonds is 4. The Hall–Kier alpha value is -1.18. The summed E-state index contributed by atoms with van der Waals surface area (Å²) in [6.07, 6.45) is 6.80. The largest absolute Gasteiger partial charge is 0.298 e. The summed E-state index contributed by atoms with van der Waals surface area (Å²) in [6.45, 7) is -0.313. The van der Waals surface area contributed by atoms with Crippen LogP contribution in [0.5, 0.6) is 0 Å². The normalized spacial score (nSPS) is 18.9. The standard InChI is InChI=1S/C15H19FO/c16-10-15(13-6-2-1-3-7-13)14-8-4-5-12(9-14)11-17/h4-5,8-9,11,13,15H,1-3,6-7,10H2. The summed E-state index contributed by atoms with van der Waals surface area (Å²) in [5, 5.41) is 0. The predicted molar refractivity (Wildman–Crippen MR) is 67.1 cm³/mol. The Balaban J connectivity index is 2.17. The Labute approximate surface area is 102 Å². The van der Waals surface area contributed by atoms with Gasteiger partial charge in [-0.15, -0.1) is 0 Å². The van der Waals surface area contributed by atoms with E-state index in [9.17, 15) is 9.18 Å². The van der Waals surface area contributed by atoms with Crippen LogP contribution in [0.4, 0.5) is 4.39 Å². The van der Waals surface area contributed by atoms with Crippen molar-refractivity contribution < 1.29 is 9.18 Å². The second-order valence-corrected chi connectivity index (χ2v) is 4.95. The van der Waals surface area contributed by atoms with Gasteiger partial charge in [0.1, 0.15) is 6.29 Å². The van der Waals surface area contributed by atoms with Crippen molar-refractivity contribution in [3.8, 4) is 0 Å². The van der Waals surface area contributed by atoms with Gasteiger partial charge in [-0.1, -0.05) is 37.5 Å². The zero-order valence-corrected chi connectivity index (χ0v) is 10.1. The fourth-order valence-electron chi connectivity index (χ4n) is 2.89. The molecule has 0 aromatic heterocycles. The van der Waals surface area contributed by atoms with E-state index in [1.807, 2.05) is 18.2 Å². The fourth-order valence-corrected chi connectivity index (χ4v) is 2.89. The van der Waals surface area contributed by atoms with Crippen LogP contribution in [-0.4, -0.2) is 13.0 Å². The lowest BCUT2D eigenvalue weighted by Gasteiger charge is -2.28. The van der Waals surface area contributed by atoms with Crippen LogP contribution in [0.2, 0.25) is 0 Å². The van der Waals surface area contributed by atoms with Crippen molar-refractivity contribution in [1.29, 1.82) is 0 Å². The molecule has 0 amide bonds. The minimum Gasteiger partial charge on any atom is -0.298 e. The van der Waals surface area contributed by atoms with Crippen LogP contribution in [0.3, 0.4) is 0 Å². The smallest absolute Gasteiger partial charge is 0.150 e. The first-order chi connectivity index (χ1) is 8.35.